The molecule has 29 heavy (non-hydrogen) atoms. The van der Waals surface area contributed by atoms with Gasteiger partial charge in [-0.1, -0.05) is 30.7 Å². The summed E-state index contributed by atoms with van der Waals surface area (Å²) >= 11 is 0. The minimum Gasteiger partial charge on any atom is -0.495 e. The van der Waals surface area contributed by atoms with Gasteiger partial charge in [0, 0.05) is 24.9 Å². The lowest BCUT2D eigenvalue weighted by molar-refractivity contribution is -0.111. The highest BCUT2D eigenvalue weighted by molar-refractivity contribution is 7.89. The SMILES string of the molecule is COc1ccc(C=CC(=O)Nc2ccccc2C)cc1S(=O)(=O)N1CCCCC1. The standard InChI is InChI=1S/C22H26N2O4S/c1-17-8-4-5-9-19(17)23-22(25)13-11-18-10-12-20(28-2)21(16-18)29(26,27)24-14-6-3-7-15-24/h4-5,8-13,16H,3,6-7,14-15H2,1-2H3,(H,23,25). The summed E-state index contributed by atoms with van der Waals surface area (Å²) in [5.74, 6) is 0.0210. The number of carbonyl (C=O) groups is 1. The van der Waals surface area contributed by atoms with Crippen molar-refractivity contribution in [3.63, 3.8) is 0 Å². The fourth-order valence-electron chi connectivity index (χ4n) is 3.30. The molecule has 6 nitrogen and oxygen atoms in total. The monoisotopic (exact) mass is 414 g/mol. The molecule has 2 aromatic carbocycles. The number of sulfonamides is 1. The fourth-order valence-corrected chi connectivity index (χ4v) is 5.01. The number of anilines is 1. The number of nitrogens with zero attached hydrogens (tertiary/aromatic N) is 1. The molecule has 0 radical (unpaired) electrons. The van der Waals surface area contributed by atoms with Crippen molar-refractivity contribution in [2.24, 2.45) is 0 Å². The number of nitrogens with one attached hydrogen (secondary N) is 1. The maximum Gasteiger partial charge on any atom is 0.248 e. The van der Waals surface area contributed by atoms with Crippen LogP contribution in [0.5, 0.6) is 5.75 Å². The normalized spacial score (nSPS) is 15.4. The molecule has 154 valence electrons. The van der Waals surface area contributed by atoms with Gasteiger partial charge in [-0.05, 0) is 55.2 Å². The molecule has 1 fully saturated rings. The van der Waals surface area contributed by atoms with E-state index in [1.165, 1.54) is 17.5 Å². The molecule has 0 saturated carbocycles. The molecule has 1 heterocycles. The lowest BCUT2D eigenvalue weighted by Gasteiger charge is -2.26. The van der Waals surface area contributed by atoms with E-state index in [0.717, 1.165) is 30.5 Å². The minimum absolute atomic E-state index is 0.128. The van der Waals surface area contributed by atoms with Gasteiger partial charge in [0.05, 0.1) is 7.11 Å². The second kappa shape index (κ2) is 9.24. The van der Waals surface area contributed by atoms with E-state index in [4.69, 9.17) is 4.74 Å². The molecule has 0 aliphatic carbocycles. The van der Waals surface area contributed by atoms with E-state index in [0.29, 0.717) is 24.4 Å². The number of benzene rings is 2. The molecule has 1 N–H and O–H groups in total. The molecule has 0 unspecified atom stereocenters. The van der Waals surface area contributed by atoms with Crippen LogP contribution in [-0.4, -0.2) is 38.8 Å². The van der Waals surface area contributed by atoms with Crippen LogP contribution in [0, 0.1) is 6.92 Å². The van der Waals surface area contributed by atoms with Crippen LogP contribution in [0.15, 0.2) is 53.4 Å². The summed E-state index contributed by atoms with van der Waals surface area (Å²) in [4.78, 5) is 12.4. The summed E-state index contributed by atoms with van der Waals surface area (Å²) in [5, 5.41) is 2.82. The number of hydrogen-bond donors (Lipinski definition) is 1. The van der Waals surface area contributed by atoms with Crippen molar-refractivity contribution in [3.05, 3.63) is 59.7 Å². The van der Waals surface area contributed by atoms with Crippen LogP contribution in [0.2, 0.25) is 0 Å². The molecule has 3 rings (SSSR count). The number of ether oxygens (including phenoxy) is 1. The molecule has 1 saturated heterocycles. The summed E-state index contributed by atoms with van der Waals surface area (Å²) in [6.07, 6.45) is 5.76. The van der Waals surface area contributed by atoms with E-state index >= 15 is 0 Å². The van der Waals surface area contributed by atoms with Crippen molar-refractivity contribution in [1.29, 1.82) is 0 Å². The van der Waals surface area contributed by atoms with E-state index in [1.807, 2.05) is 31.2 Å². The second-order valence-electron chi connectivity index (χ2n) is 7.01. The predicted molar refractivity (Wildman–Crippen MR) is 114 cm³/mol. The number of methoxy groups -OCH3 is 1. The third kappa shape index (κ3) is 5.05. The Morgan fingerprint density at radius 2 is 1.83 bits per heavy atom. The molecule has 0 spiro atoms. The summed E-state index contributed by atoms with van der Waals surface area (Å²) in [5.41, 5.74) is 2.32. The average Bonchev–Trinajstić information content (AvgIpc) is 2.74. The van der Waals surface area contributed by atoms with Gasteiger partial charge in [-0.2, -0.15) is 4.31 Å². The Kier molecular flexibility index (Phi) is 6.71. The Morgan fingerprint density at radius 1 is 1.10 bits per heavy atom. The molecular weight excluding hydrogens is 388 g/mol. The Bertz CT molecular complexity index is 1010. The second-order valence-corrected chi connectivity index (χ2v) is 8.92. The first-order valence-corrected chi connectivity index (χ1v) is 11.1. The zero-order valence-electron chi connectivity index (χ0n) is 16.7. The van der Waals surface area contributed by atoms with Gasteiger partial charge >= 0.3 is 0 Å². The van der Waals surface area contributed by atoms with E-state index in [2.05, 4.69) is 5.32 Å². The minimum atomic E-state index is -3.65. The third-order valence-corrected chi connectivity index (χ3v) is 6.87. The third-order valence-electron chi connectivity index (χ3n) is 4.95. The van der Waals surface area contributed by atoms with Crippen LogP contribution in [-0.2, 0) is 14.8 Å². The number of carbonyl (C=O) groups excluding carboxylic acids is 1. The van der Waals surface area contributed by atoms with Crippen LogP contribution in [0.4, 0.5) is 5.69 Å². The van der Waals surface area contributed by atoms with Gasteiger partial charge in [0.15, 0.2) is 0 Å². The number of para-hydroxylation sites is 1. The predicted octanol–water partition coefficient (Wildman–Crippen LogP) is 3.83. The number of aryl methyl sites for hydroxylation is 1. The van der Waals surface area contributed by atoms with Gasteiger partial charge in [0.1, 0.15) is 10.6 Å². The zero-order chi connectivity index (χ0) is 20.9. The van der Waals surface area contributed by atoms with Crippen molar-refractivity contribution in [2.75, 3.05) is 25.5 Å². The first kappa shape index (κ1) is 21.1. The van der Waals surface area contributed by atoms with Crippen LogP contribution in [0.3, 0.4) is 0 Å². The summed E-state index contributed by atoms with van der Waals surface area (Å²) in [6.45, 7) is 2.95. The molecule has 0 atom stereocenters. The quantitative estimate of drug-likeness (QED) is 0.729. The van der Waals surface area contributed by atoms with Crippen molar-refractivity contribution in [1.82, 2.24) is 4.31 Å². The molecular formula is C22H26N2O4S. The first-order valence-electron chi connectivity index (χ1n) is 9.65. The zero-order valence-corrected chi connectivity index (χ0v) is 17.5. The average molecular weight is 415 g/mol. The van der Waals surface area contributed by atoms with Crippen LogP contribution in [0.25, 0.3) is 6.08 Å². The molecule has 1 aliphatic rings. The van der Waals surface area contributed by atoms with Crippen molar-refractivity contribution in [2.45, 2.75) is 31.1 Å². The Balaban J connectivity index is 1.82. The molecule has 7 heteroatoms. The van der Waals surface area contributed by atoms with Gasteiger partial charge in [-0.3, -0.25) is 4.79 Å². The van der Waals surface area contributed by atoms with E-state index in [1.54, 1.807) is 24.3 Å². The van der Waals surface area contributed by atoms with Gasteiger partial charge < -0.3 is 10.1 Å². The Morgan fingerprint density at radius 3 is 2.52 bits per heavy atom. The highest BCUT2D eigenvalue weighted by Crippen LogP contribution is 2.30. The van der Waals surface area contributed by atoms with Crippen LogP contribution in [0.1, 0.15) is 30.4 Å². The molecule has 1 amide bonds. The number of amides is 1. The van der Waals surface area contributed by atoms with Crippen LogP contribution >= 0.6 is 0 Å². The topological polar surface area (TPSA) is 75.7 Å². The van der Waals surface area contributed by atoms with Crippen molar-refractivity contribution < 1.29 is 17.9 Å². The number of hydrogen-bond acceptors (Lipinski definition) is 4. The highest BCUT2D eigenvalue weighted by Gasteiger charge is 2.28. The fraction of sp³-hybridized carbons (Fsp3) is 0.318. The van der Waals surface area contributed by atoms with Gasteiger partial charge in [0.25, 0.3) is 0 Å². The molecule has 0 aromatic heterocycles. The van der Waals surface area contributed by atoms with Gasteiger partial charge in [-0.25, -0.2) is 8.42 Å². The van der Waals surface area contributed by atoms with Crippen LogP contribution < -0.4 is 10.1 Å². The maximum atomic E-state index is 13.1. The number of rotatable bonds is 6. The van der Waals surface area contributed by atoms with E-state index < -0.39 is 10.0 Å². The smallest absolute Gasteiger partial charge is 0.248 e. The lowest BCUT2D eigenvalue weighted by Crippen LogP contribution is -2.35. The Hall–Kier alpha value is -2.64. The largest absolute Gasteiger partial charge is 0.495 e. The van der Waals surface area contributed by atoms with Gasteiger partial charge in [-0.15, -0.1) is 0 Å². The van der Waals surface area contributed by atoms with E-state index in [-0.39, 0.29) is 10.8 Å². The van der Waals surface area contributed by atoms with Gasteiger partial charge in [0.2, 0.25) is 15.9 Å². The lowest BCUT2D eigenvalue weighted by atomic mass is 10.2. The Labute approximate surface area is 172 Å². The highest BCUT2D eigenvalue weighted by atomic mass is 32.2. The molecule has 1 aliphatic heterocycles. The summed E-state index contributed by atoms with van der Waals surface area (Å²) in [7, 11) is -2.19. The maximum absolute atomic E-state index is 13.1. The number of piperidine rings is 1. The summed E-state index contributed by atoms with van der Waals surface area (Å²) in [6, 6.07) is 12.4. The summed E-state index contributed by atoms with van der Waals surface area (Å²) < 4.78 is 32.9. The van der Waals surface area contributed by atoms with Crippen molar-refractivity contribution in [3.8, 4) is 5.75 Å². The molecule has 2 aromatic rings. The first-order chi connectivity index (χ1) is 13.9. The van der Waals surface area contributed by atoms with E-state index in [9.17, 15) is 13.2 Å². The van der Waals surface area contributed by atoms with Crippen molar-refractivity contribution >= 4 is 27.7 Å². The molecule has 0 bridgehead atoms.